The van der Waals surface area contributed by atoms with Gasteiger partial charge in [0.1, 0.15) is 11.6 Å². The van der Waals surface area contributed by atoms with E-state index < -0.39 is 35.7 Å². The molecular weight excluding hydrogens is 348 g/mol. The van der Waals surface area contributed by atoms with Crippen LogP contribution in [0.1, 0.15) is 46.6 Å². The second kappa shape index (κ2) is 9.94. The molecule has 0 unspecified atom stereocenters. The normalized spacial score (nSPS) is 13.6. The quantitative estimate of drug-likeness (QED) is 0.712. The summed E-state index contributed by atoms with van der Waals surface area (Å²) >= 11 is 0. The van der Waals surface area contributed by atoms with Gasteiger partial charge in [-0.05, 0) is 38.7 Å². The van der Waals surface area contributed by atoms with E-state index in [4.69, 9.17) is 4.74 Å². The number of carboxylic acids is 1. The Kier molecular flexibility index (Phi) is 8.28. The lowest BCUT2D eigenvalue weighted by Gasteiger charge is -2.26. The summed E-state index contributed by atoms with van der Waals surface area (Å²) in [6.45, 7) is 8.85. The van der Waals surface area contributed by atoms with Crippen molar-refractivity contribution in [2.45, 2.75) is 65.1 Å². The summed E-state index contributed by atoms with van der Waals surface area (Å²) in [5, 5.41) is 16.3. The highest BCUT2D eigenvalue weighted by Gasteiger charge is 2.27. The minimum absolute atomic E-state index is 0.0552. The van der Waals surface area contributed by atoms with Crippen LogP contribution in [0.2, 0.25) is 0 Å². The van der Waals surface area contributed by atoms with E-state index in [0.717, 1.165) is 5.56 Å². The van der Waals surface area contributed by atoms with E-state index in [1.807, 2.05) is 44.2 Å². The Balaban J connectivity index is 2.92. The minimum Gasteiger partial charge on any atom is -0.548 e. The molecule has 7 nitrogen and oxygen atoms in total. The molecule has 150 valence electrons. The van der Waals surface area contributed by atoms with Gasteiger partial charge in [0.15, 0.2) is 0 Å². The predicted molar refractivity (Wildman–Crippen MR) is 99.7 cm³/mol. The fourth-order valence-electron chi connectivity index (χ4n) is 2.47. The zero-order valence-corrected chi connectivity index (χ0v) is 16.6. The first-order valence-corrected chi connectivity index (χ1v) is 9.02. The molecule has 27 heavy (non-hydrogen) atoms. The number of hydrogen-bond acceptors (Lipinski definition) is 5. The predicted octanol–water partition coefficient (Wildman–Crippen LogP) is 1.40. The Labute approximate surface area is 160 Å². The molecule has 0 saturated carbocycles. The first-order chi connectivity index (χ1) is 12.5. The molecule has 0 heterocycles. The molecule has 0 bridgehead atoms. The standard InChI is InChI=1S/C20H30N2O5/c1-13(2)11-16(18(24)25)21-17(23)15(12-14-9-7-6-8-10-14)22-19(26)27-20(3,4)5/h6-10,13,15-16H,11-12H2,1-5H3,(H,21,23)(H,22,26)(H,24,25)/p-1/t15-,16-/m0/s1. The Morgan fingerprint density at radius 1 is 1.04 bits per heavy atom. The summed E-state index contributed by atoms with van der Waals surface area (Å²) in [6, 6.07) is 7.02. The van der Waals surface area contributed by atoms with Crippen molar-refractivity contribution in [1.82, 2.24) is 10.6 Å². The molecule has 0 aromatic heterocycles. The number of hydrogen-bond donors (Lipinski definition) is 2. The Morgan fingerprint density at radius 3 is 2.11 bits per heavy atom. The molecule has 0 radical (unpaired) electrons. The van der Waals surface area contributed by atoms with Crippen molar-refractivity contribution in [3.8, 4) is 0 Å². The molecule has 1 aromatic carbocycles. The molecular formula is C20H29N2O5-. The monoisotopic (exact) mass is 377 g/mol. The number of carbonyl (C=O) groups is 3. The lowest BCUT2D eigenvalue weighted by atomic mass is 10.0. The largest absolute Gasteiger partial charge is 0.548 e. The van der Waals surface area contributed by atoms with Crippen LogP contribution in [0.5, 0.6) is 0 Å². The maximum absolute atomic E-state index is 12.7. The number of benzene rings is 1. The molecule has 0 aliphatic carbocycles. The van der Waals surface area contributed by atoms with Gasteiger partial charge in [-0.2, -0.15) is 0 Å². The molecule has 2 atom stereocenters. The molecule has 1 aromatic rings. The SMILES string of the molecule is CC(C)C[C@H](NC(=O)[C@H](Cc1ccccc1)NC(=O)OC(C)(C)C)C(=O)[O-]. The van der Waals surface area contributed by atoms with Crippen molar-refractivity contribution in [3.05, 3.63) is 35.9 Å². The third-order valence-electron chi connectivity index (χ3n) is 3.60. The van der Waals surface area contributed by atoms with E-state index in [2.05, 4.69) is 10.6 Å². The van der Waals surface area contributed by atoms with Gasteiger partial charge in [-0.3, -0.25) is 4.79 Å². The molecule has 0 saturated heterocycles. The van der Waals surface area contributed by atoms with Gasteiger partial charge in [0.25, 0.3) is 0 Å². The summed E-state index contributed by atoms with van der Waals surface area (Å²) in [4.78, 5) is 36.1. The number of ether oxygens (including phenoxy) is 1. The van der Waals surface area contributed by atoms with Crippen LogP contribution in [0.4, 0.5) is 4.79 Å². The zero-order chi connectivity index (χ0) is 20.6. The van der Waals surface area contributed by atoms with Gasteiger partial charge in [-0.25, -0.2) is 4.79 Å². The van der Waals surface area contributed by atoms with Crippen LogP contribution in [-0.4, -0.2) is 35.7 Å². The fourth-order valence-corrected chi connectivity index (χ4v) is 2.47. The molecule has 2 amide bonds. The van der Waals surface area contributed by atoms with E-state index in [-0.39, 0.29) is 18.8 Å². The molecule has 0 fully saturated rings. The Bertz CT molecular complexity index is 638. The van der Waals surface area contributed by atoms with Crippen LogP contribution in [0, 0.1) is 5.92 Å². The number of aliphatic carboxylic acids is 1. The summed E-state index contributed by atoms with van der Waals surface area (Å²) in [5.41, 5.74) is 0.103. The van der Waals surface area contributed by atoms with Gasteiger partial charge in [0.2, 0.25) is 5.91 Å². The van der Waals surface area contributed by atoms with Crippen molar-refractivity contribution in [3.63, 3.8) is 0 Å². The van der Waals surface area contributed by atoms with Crippen LogP contribution in [-0.2, 0) is 20.7 Å². The van der Waals surface area contributed by atoms with Crippen molar-refractivity contribution in [2.24, 2.45) is 5.92 Å². The zero-order valence-electron chi connectivity index (χ0n) is 16.6. The molecule has 0 aliphatic rings. The average Bonchev–Trinajstić information content (AvgIpc) is 2.52. The summed E-state index contributed by atoms with van der Waals surface area (Å²) in [7, 11) is 0. The molecule has 2 N–H and O–H groups in total. The van der Waals surface area contributed by atoms with Crippen LogP contribution in [0.15, 0.2) is 30.3 Å². The van der Waals surface area contributed by atoms with Crippen molar-refractivity contribution < 1.29 is 24.2 Å². The number of carboxylic acid groups (broad SMARTS) is 1. The average molecular weight is 377 g/mol. The maximum atomic E-state index is 12.7. The highest BCUT2D eigenvalue weighted by atomic mass is 16.6. The third-order valence-corrected chi connectivity index (χ3v) is 3.60. The third kappa shape index (κ3) is 9.08. The number of alkyl carbamates (subject to hydrolysis) is 1. The lowest BCUT2D eigenvalue weighted by Crippen LogP contribution is -2.55. The Morgan fingerprint density at radius 2 is 1.63 bits per heavy atom. The van der Waals surface area contributed by atoms with E-state index in [9.17, 15) is 19.5 Å². The number of carbonyl (C=O) groups excluding carboxylic acids is 3. The summed E-state index contributed by atoms with van der Waals surface area (Å²) in [5.74, 6) is -1.90. The summed E-state index contributed by atoms with van der Waals surface area (Å²) in [6.07, 6.45) is -0.307. The lowest BCUT2D eigenvalue weighted by molar-refractivity contribution is -0.308. The van der Waals surface area contributed by atoms with Gasteiger partial charge in [-0.15, -0.1) is 0 Å². The fraction of sp³-hybridized carbons (Fsp3) is 0.550. The first-order valence-electron chi connectivity index (χ1n) is 9.02. The smallest absolute Gasteiger partial charge is 0.408 e. The van der Waals surface area contributed by atoms with E-state index in [1.165, 1.54) is 0 Å². The minimum atomic E-state index is -1.35. The second-order valence-corrected chi connectivity index (χ2v) is 7.90. The van der Waals surface area contributed by atoms with Crippen molar-refractivity contribution >= 4 is 18.0 Å². The molecule has 1 rings (SSSR count). The number of amides is 2. The van der Waals surface area contributed by atoms with Crippen LogP contribution in [0.25, 0.3) is 0 Å². The topological polar surface area (TPSA) is 108 Å². The first kappa shape index (κ1) is 22.5. The number of rotatable bonds is 8. The second-order valence-electron chi connectivity index (χ2n) is 7.90. The highest BCUT2D eigenvalue weighted by molar-refractivity contribution is 5.89. The number of nitrogens with one attached hydrogen (secondary N) is 2. The van der Waals surface area contributed by atoms with Gasteiger partial charge < -0.3 is 25.3 Å². The van der Waals surface area contributed by atoms with E-state index in [0.29, 0.717) is 0 Å². The van der Waals surface area contributed by atoms with E-state index in [1.54, 1.807) is 20.8 Å². The van der Waals surface area contributed by atoms with Gasteiger partial charge in [0, 0.05) is 6.42 Å². The van der Waals surface area contributed by atoms with Crippen LogP contribution in [0.3, 0.4) is 0 Å². The molecule has 0 aliphatic heterocycles. The molecule has 7 heteroatoms. The van der Waals surface area contributed by atoms with Gasteiger partial charge in [-0.1, -0.05) is 44.2 Å². The Hall–Kier alpha value is -2.57. The maximum Gasteiger partial charge on any atom is 0.408 e. The van der Waals surface area contributed by atoms with E-state index >= 15 is 0 Å². The summed E-state index contributed by atoms with van der Waals surface area (Å²) < 4.78 is 5.21. The van der Waals surface area contributed by atoms with Crippen molar-refractivity contribution in [1.29, 1.82) is 0 Å². The van der Waals surface area contributed by atoms with Gasteiger partial charge >= 0.3 is 6.09 Å². The van der Waals surface area contributed by atoms with Crippen molar-refractivity contribution in [2.75, 3.05) is 0 Å². The van der Waals surface area contributed by atoms with Crippen LogP contribution < -0.4 is 15.7 Å². The highest BCUT2D eigenvalue weighted by Crippen LogP contribution is 2.10. The molecule has 0 spiro atoms. The van der Waals surface area contributed by atoms with Gasteiger partial charge in [0.05, 0.1) is 12.0 Å². The van der Waals surface area contributed by atoms with Crippen LogP contribution >= 0.6 is 0 Å².